The van der Waals surface area contributed by atoms with Crippen molar-refractivity contribution in [1.82, 2.24) is 9.97 Å². The summed E-state index contributed by atoms with van der Waals surface area (Å²) in [4.78, 5) is 9.05. The summed E-state index contributed by atoms with van der Waals surface area (Å²) >= 11 is 9.58. The SMILES string of the molecule is Clc1cc(C2CCCC2)nc(-c2ccc(Br)cc2)n1. The Labute approximate surface area is 126 Å². The number of hydrogen-bond donors (Lipinski definition) is 0. The lowest BCUT2D eigenvalue weighted by Gasteiger charge is -2.10. The lowest BCUT2D eigenvalue weighted by Crippen LogP contribution is -2.00. The zero-order valence-corrected chi connectivity index (χ0v) is 12.8. The van der Waals surface area contributed by atoms with Gasteiger partial charge in [-0.2, -0.15) is 0 Å². The third-order valence-electron chi connectivity index (χ3n) is 3.59. The molecule has 4 heteroatoms. The average molecular weight is 338 g/mol. The van der Waals surface area contributed by atoms with Gasteiger partial charge in [0.05, 0.1) is 0 Å². The summed E-state index contributed by atoms with van der Waals surface area (Å²) in [6, 6.07) is 9.92. The summed E-state index contributed by atoms with van der Waals surface area (Å²) in [6.45, 7) is 0. The Morgan fingerprint density at radius 3 is 2.42 bits per heavy atom. The monoisotopic (exact) mass is 336 g/mol. The second-order valence-corrected chi connectivity index (χ2v) is 6.23. The molecule has 0 unspecified atom stereocenters. The lowest BCUT2D eigenvalue weighted by molar-refractivity contribution is 0.695. The van der Waals surface area contributed by atoms with Crippen molar-refractivity contribution in [3.05, 3.63) is 45.7 Å². The standard InChI is InChI=1S/C15H14BrClN2/c16-12-7-5-11(6-8-12)15-18-13(9-14(17)19-15)10-3-1-2-4-10/h5-10H,1-4H2. The molecule has 1 fully saturated rings. The molecular weight excluding hydrogens is 324 g/mol. The highest BCUT2D eigenvalue weighted by Crippen LogP contribution is 2.34. The molecule has 0 radical (unpaired) electrons. The molecule has 1 aliphatic rings. The van der Waals surface area contributed by atoms with Crippen molar-refractivity contribution < 1.29 is 0 Å². The van der Waals surface area contributed by atoms with E-state index in [9.17, 15) is 0 Å². The first-order valence-corrected chi connectivity index (χ1v) is 7.70. The Bertz CT molecular complexity index is 577. The molecular formula is C15H14BrClN2. The third-order valence-corrected chi connectivity index (χ3v) is 4.31. The Kier molecular flexibility index (Phi) is 3.85. The molecule has 1 heterocycles. The maximum Gasteiger partial charge on any atom is 0.161 e. The van der Waals surface area contributed by atoms with Crippen molar-refractivity contribution in [2.45, 2.75) is 31.6 Å². The first kappa shape index (κ1) is 13.1. The Morgan fingerprint density at radius 2 is 1.74 bits per heavy atom. The van der Waals surface area contributed by atoms with Gasteiger partial charge in [-0.3, -0.25) is 0 Å². The van der Waals surface area contributed by atoms with E-state index in [1.54, 1.807) is 0 Å². The molecule has 0 spiro atoms. The van der Waals surface area contributed by atoms with Gasteiger partial charge in [-0.05, 0) is 31.0 Å². The maximum absolute atomic E-state index is 6.15. The molecule has 1 saturated carbocycles. The van der Waals surface area contributed by atoms with Crippen molar-refractivity contribution in [3.8, 4) is 11.4 Å². The van der Waals surface area contributed by atoms with Gasteiger partial charge < -0.3 is 0 Å². The molecule has 0 aliphatic heterocycles. The van der Waals surface area contributed by atoms with Crippen LogP contribution >= 0.6 is 27.5 Å². The fraction of sp³-hybridized carbons (Fsp3) is 0.333. The minimum absolute atomic E-state index is 0.537. The van der Waals surface area contributed by atoms with E-state index in [4.69, 9.17) is 16.6 Å². The van der Waals surface area contributed by atoms with Crippen LogP contribution in [0.15, 0.2) is 34.8 Å². The van der Waals surface area contributed by atoms with Gasteiger partial charge in [0.15, 0.2) is 5.82 Å². The number of hydrogen-bond acceptors (Lipinski definition) is 2. The molecule has 0 bridgehead atoms. The minimum Gasteiger partial charge on any atom is -0.233 e. The highest BCUT2D eigenvalue weighted by Gasteiger charge is 2.20. The van der Waals surface area contributed by atoms with Crippen LogP contribution < -0.4 is 0 Å². The summed E-state index contributed by atoms with van der Waals surface area (Å²) in [6.07, 6.45) is 5.01. The van der Waals surface area contributed by atoms with Gasteiger partial charge in [0, 0.05) is 21.6 Å². The number of nitrogens with zero attached hydrogens (tertiary/aromatic N) is 2. The second kappa shape index (κ2) is 5.59. The molecule has 0 saturated heterocycles. The summed E-state index contributed by atoms with van der Waals surface area (Å²) in [5, 5.41) is 0.537. The smallest absolute Gasteiger partial charge is 0.161 e. The average Bonchev–Trinajstić information content (AvgIpc) is 2.93. The van der Waals surface area contributed by atoms with Crippen LogP contribution in [-0.2, 0) is 0 Å². The maximum atomic E-state index is 6.15. The van der Waals surface area contributed by atoms with E-state index in [1.807, 2.05) is 30.3 Å². The molecule has 2 aromatic rings. The first-order valence-electron chi connectivity index (χ1n) is 6.53. The molecule has 0 N–H and O–H groups in total. The van der Waals surface area contributed by atoms with Gasteiger partial charge in [0.25, 0.3) is 0 Å². The summed E-state index contributed by atoms with van der Waals surface area (Å²) < 4.78 is 1.05. The molecule has 1 aromatic carbocycles. The van der Waals surface area contributed by atoms with E-state index in [2.05, 4.69) is 20.9 Å². The van der Waals surface area contributed by atoms with Crippen molar-refractivity contribution in [3.63, 3.8) is 0 Å². The topological polar surface area (TPSA) is 25.8 Å². The van der Waals surface area contributed by atoms with E-state index in [-0.39, 0.29) is 0 Å². The van der Waals surface area contributed by atoms with Gasteiger partial charge in [0.2, 0.25) is 0 Å². The van der Waals surface area contributed by atoms with Gasteiger partial charge in [0.1, 0.15) is 5.15 Å². The number of rotatable bonds is 2. The largest absolute Gasteiger partial charge is 0.233 e. The van der Waals surface area contributed by atoms with Crippen LogP contribution in [0.5, 0.6) is 0 Å². The fourth-order valence-electron chi connectivity index (χ4n) is 2.59. The van der Waals surface area contributed by atoms with E-state index in [0.29, 0.717) is 11.1 Å². The van der Waals surface area contributed by atoms with Crippen LogP contribution in [0.4, 0.5) is 0 Å². The van der Waals surface area contributed by atoms with Crippen LogP contribution in [0.25, 0.3) is 11.4 Å². The van der Waals surface area contributed by atoms with Gasteiger partial charge in [-0.25, -0.2) is 9.97 Å². The summed E-state index contributed by atoms with van der Waals surface area (Å²) in [5.74, 6) is 1.27. The van der Waals surface area contributed by atoms with E-state index < -0.39 is 0 Å². The first-order chi connectivity index (χ1) is 9.22. The Balaban J connectivity index is 1.99. The second-order valence-electron chi connectivity index (χ2n) is 4.93. The highest BCUT2D eigenvalue weighted by atomic mass is 79.9. The normalized spacial score (nSPS) is 15.9. The van der Waals surface area contributed by atoms with Crippen LogP contribution in [0.2, 0.25) is 5.15 Å². The van der Waals surface area contributed by atoms with Crippen LogP contribution in [0, 0.1) is 0 Å². The molecule has 98 valence electrons. The zero-order chi connectivity index (χ0) is 13.2. The van der Waals surface area contributed by atoms with E-state index in [1.165, 1.54) is 25.7 Å². The van der Waals surface area contributed by atoms with E-state index >= 15 is 0 Å². The van der Waals surface area contributed by atoms with Crippen molar-refractivity contribution >= 4 is 27.5 Å². The van der Waals surface area contributed by atoms with Gasteiger partial charge >= 0.3 is 0 Å². The molecule has 0 amide bonds. The molecule has 19 heavy (non-hydrogen) atoms. The fourth-order valence-corrected chi connectivity index (χ4v) is 3.05. The number of halogens is 2. The van der Waals surface area contributed by atoms with Crippen LogP contribution in [-0.4, -0.2) is 9.97 Å². The summed E-state index contributed by atoms with van der Waals surface area (Å²) in [7, 11) is 0. The molecule has 2 nitrogen and oxygen atoms in total. The van der Waals surface area contributed by atoms with Gasteiger partial charge in [-0.15, -0.1) is 0 Å². The predicted molar refractivity (Wildman–Crippen MR) is 81.4 cm³/mol. The Hall–Kier alpha value is -0.930. The van der Waals surface area contributed by atoms with Crippen LogP contribution in [0.3, 0.4) is 0 Å². The predicted octanol–water partition coefficient (Wildman–Crippen LogP) is 5.22. The molecule has 3 rings (SSSR count). The number of aromatic nitrogens is 2. The highest BCUT2D eigenvalue weighted by molar-refractivity contribution is 9.10. The zero-order valence-electron chi connectivity index (χ0n) is 10.4. The minimum atomic E-state index is 0.537. The molecule has 1 aliphatic carbocycles. The lowest BCUT2D eigenvalue weighted by atomic mass is 10.0. The van der Waals surface area contributed by atoms with Crippen molar-refractivity contribution in [1.29, 1.82) is 0 Å². The summed E-state index contributed by atoms with van der Waals surface area (Å²) in [5.41, 5.74) is 2.10. The van der Waals surface area contributed by atoms with E-state index in [0.717, 1.165) is 21.6 Å². The molecule has 0 atom stereocenters. The molecule has 1 aromatic heterocycles. The van der Waals surface area contributed by atoms with Crippen molar-refractivity contribution in [2.24, 2.45) is 0 Å². The third kappa shape index (κ3) is 2.98. The number of benzene rings is 1. The Morgan fingerprint density at radius 1 is 1.05 bits per heavy atom. The quantitative estimate of drug-likeness (QED) is 0.702. The van der Waals surface area contributed by atoms with Gasteiger partial charge in [-0.1, -0.05) is 52.5 Å². The van der Waals surface area contributed by atoms with Crippen LogP contribution in [0.1, 0.15) is 37.3 Å². The van der Waals surface area contributed by atoms with Crippen molar-refractivity contribution in [2.75, 3.05) is 0 Å².